The number of rotatable bonds is 7. The summed E-state index contributed by atoms with van der Waals surface area (Å²) in [4.78, 5) is 23.2. The van der Waals surface area contributed by atoms with Crippen molar-refractivity contribution in [2.75, 3.05) is 18.4 Å². The van der Waals surface area contributed by atoms with Crippen molar-refractivity contribution in [3.05, 3.63) is 30.1 Å². The number of carbonyl (C=O) groups is 2. The maximum Gasteiger partial charge on any atom is 0.238 e. The molecular weight excluding hydrogens is 261 g/mol. The van der Waals surface area contributed by atoms with Crippen molar-refractivity contribution in [3.8, 4) is 0 Å². The van der Waals surface area contributed by atoms with E-state index in [9.17, 15) is 14.0 Å². The average Bonchev–Trinajstić information content (AvgIpc) is 2.44. The summed E-state index contributed by atoms with van der Waals surface area (Å²) >= 11 is 0. The third-order valence-electron chi connectivity index (χ3n) is 2.64. The summed E-state index contributed by atoms with van der Waals surface area (Å²) in [6.45, 7) is 4.29. The van der Waals surface area contributed by atoms with Gasteiger partial charge in [-0.2, -0.15) is 0 Å². The fourth-order valence-corrected chi connectivity index (χ4v) is 1.48. The van der Waals surface area contributed by atoms with Crippen LogP contribution >= 0.6 is 0 Å². The van der Waals surface area contributed by atoms with Crippen LogP contribution in [0.1, 0.15) is 20.3 Å². The van der Waals surface area contributed by atoms with Gasteiger partial charge in [0, 0.05) is 12.2 Å². The molecule has 0 aliphatic heterocycles. The van der Waals surface area contributed by atoms with Gasteiger partial charge in [0.05, 0.1) is 12.6 Å². The van der Waals surface area contributed by atoms with Crippen molar-refractivity contribution in [2.45, 2.75) is 26.3 Å². The molecule has 0 bridgehead atoms. The lowest BCUT2D eigenvalue weighted by Crippen LogP contribution is -2.45. The number of carbonyl (C=O) groups excluding carboxylic acids is 2. The fourth-order valence-electron chi connectivity index (χ4n) is 1.48. The van der Waals surface area contributed by atoms with Gasteiger partial charge < -0.3 is 10.6 Å². The molecule has 1 aromatic rings. The number of hydrogen-bond acceptors (Lipinski definition) is 3. The Balaban J connectivity index is 2.32. The Hall–Kier alpha value is -1.95. The van der Waals surface area contributed by atoms with Gasteiger partial charge in [0.25, 0.3) is 0 Å². The van der Waals surface area contributed by atoms with Crippen molar-refractivity contribution in [2.24, 2.45) is 0 Å². The maximum atomic E-state index is 12.7. The summed E-state index contributed by atoms with van der Waals surface area (Å²) < 4.78 is 12.7. The first kappa shape index (κ1) is 16.1. The van der Waals surface area contributed by atoms with E-state index in [4.69, 9.17) is 0 Å². The quantitative estimate of drug-likeness (QED) is 0.705. The first-order chi connectivity index (χ1) is 9.52. The highest BCUT2D eigenvalue weighted by Gasteiger charge is 2.12. The van der Waals surface area contributed by atoms with Gasteiger partial charge in [0.15, 0.2) is 0 Å². The summed E-state index contributed by atoms with van der Waals surface area (Å²) in [7, 11) is 0. The van der Waals surface area contributed by atoms with E-state index in [0.717, 1.165) is 6.42 Å². The van der Waals surface area contributed by atoms with Gasteiger partial charge in [-0.3, -0.25) is 14.9 Å². The van der Waals surface area contributed by atoms with Crippen molar-refractivity contribution in [1.29, 1.82) is 0 Å². The summed E-state index contributed by atoms with van der Waals surface area (Å²) in [6, 6.07) is 5.05. The van der Waals surface area contributed by atoms with E-state index >= 15 is 0 Å². The number of amides is 2. The molecule has 110 valence electrons. The molecular formula is C14H20FN3O2. The predicted molar refractivity (Wildman–Crippen MR) is 75.8 cm³/mol. The van der Waals surface area contributed by atoms with Crippen molar-refractivity contribution in [1.82, 2.24) is 10.6 Å². The van der Waals surface area contributed by atoms with E-state index in [1.54, 1.807) is 6.92 Å². The van der Waals surface area contributed by atoms with Crippen LogP contribution in [-0.2, 0) is 9.59 Å². The Kier molecular flexibility index (Phi) is 6.66. The molecule has 3 N–H and O–H groups in total. The Morgan fingerprint density at radius 3 is 2.50 bits per heavy atom. The third kappa shape index (κ3) is 5.79. The molecule has 1 unspecified atom stereocenters. The minimum absolute atomic E-state index is 0.0120. The first-order valence-electron chi connectivity index (χ1n) is 6.59. The summed E-state index contributed by atoms with van der Waals surface area (Å²) in [5.41, 5.74) is 0.515. The molecule has 0 aliphatic rings. The van der Waals surface area contributed by atoms with E-state index in [0.29, 0.717) is 12.2 Å². The van der Waals surface area contributed by atoms with Gasteiger partial charge in [-0.05, 0) is 37.6 Å². The molecule has 0 aliphatic carbocycles. The molecule has 0 aromatic heterocycles. The van der Waals surface area contributed by atoms with Crippen LogP contribution in [-0.4, -0.2) is 30.9 Å². The van der Waals surface area contributed by atoms with Crippen LogP contribution in [0.5, 0.6) is 0 Å². The van der Waals surface area contributed by atoms with Gasteiger partial charge in [0.2, 0.25) is 11.8 Å². The standard InChI is InChI=1S/C14H20FN3O2/c1-3-8-16-14(20)10(2)17-9-13(19)18-12-6-4-11(15)5-7-12/h4-7,10,17H,3,8-9H2,1-2H3,(H,16,20)(H,18,19). The second-order valence-corrected chi connectivity index (χ2v) is 4.45. The summed E-state index contributed by atoms with van der Waals surface area (Å²) in [5, 5.41) is 8.17. The minimum Gasteiger partial charge on any atom is -0.355 e. The molecule has 20 heavy (non-hydrogen) atoms. The molecule has 0 heterocycles. The third-order valence-corrected chi connectivity index (χ3v) is 2.64. The highest BCUT2D eigenvalue weighted by molar-refractivity contribution is 5.92. The van der Waals surface area contributed by atoms with E-state index in [2.05, 4.69) is 16.0 Å². The van der Waals surface area contributed by atoms with Crippen LogP contribution in [0.4, 0.5) is 10.1 Å². The van der Waals surface area contributed by atoms with Gasteiger partial charge in [-0.1, -0.05) is 6.92 Å². The van der Waals surface area contributed by atoms with Crippen LogP contribution in [0.15, 0.2) is 24.3 Å². The van der Waals surface area contributed by atoms with E-state index < -0.39 is 6.04 Å². The molecule has 0 radical (unpaired) electrons. The lowest BCUT2D eigenvalue weighted by Gasteiger charge is -2.13. The number of hydrogen-bond donors (Lipinski definition) is 3. The average molecular weight is 281 g/mol. The molecule has 0 spiro atoms. The number of nitrogens with one attached hydrogen (secondary N) is 3. The van der Waals surface area contributed by atoms with Crippen LogP contribution in [0.3, 0.4) is 0 Å². The smallest absolute Gasteiger partial charge is 0.238 e. The topological polar surface area (TPSA) is 70.2 Å². The van der Waals surface area contributed by atoms with E-state index in [-0.39, 0.29) is 24.2 Å². The molecule has 1 aromatic carbocycles. The zero-order chi connectivity index (χ0) is 15.0. The van der Waals surface area contributed by atoms with Crippen LogP contribution in [0.25, 0.3) is 0 Å². The van der Waals surface area contributed by atoms with Crippen LogP contribution < -0.4 is 16.0 Å². The lowest BCUT2D eigenvalue weighted by atomic mass is 10.3. The normalized spacial score (nSPS) is 11.8. The van der Waals surface area contributed by atoms with Crippen LogP contribution in [0.2, 0.25) is 0 Å². The Labute approximate surface area is 117 Å². The number of halogens is 1. The molecule has 6 heteroatoms. The second-order valence-electron chi connectivity index (χ2n) is 4.45. The summed E-state index contributed by atoms with van der Waals surface area (Å²) in [6.07, 6.45) is 0.865. The van der Waals surface area contributed by atoms with E-state index in [1.165, 1.54) is 24.3 Å². The Morgan fingerprint density at radius 2 is 1.90 bits per heavy atom. The highest BCUT2D eigenvalue weighted by Crippen LogP contribution is 2.07. The lowest BCUT2D eigenvalue weighted by molar-refractivity contribution is -0.123. The first-order valence-corrected chi connectivity index (χ1v) is 6.59. The fraction of sp³-hybridized carbons (Fsp3) is 0.429. The number of benzene rings is 1. The largest absolute Gasteiger partial charge is 0.355 e. The second kappa shape index (κ2) is 8.27. The SMILES string of the molecule is CCCNC(=O)C(C)NCC(=O)Nc1ccc(F)cc1. The van der Waals surface area contributed by atoms with Crippen molar-refractivity contribution < 1.29 is 14.0 Å². The van der Waals surface area contributed by atoms with E-state index in [1.807, 2.05) is 6.92 Å². The predicted octanol–water partition coefficient (Wildman–Crippen LogP) is 1.27. The molecule has 1 atom stereocenters. The Bertz CT molecular complexity index is 448. The van der Waals surface area contributed by atoms with Crippen LogP contribution in [0, 0.1) is 5.82 Å². The Morgan fingerprint density at radius 1 is 1.25 bits per heavy atom. The molecule has 1 rings (SSSR count). The zero-order valence-electron chi connectivity index (χ0n) is 11.7. The highest BCUT2D eigenvalue weighted by atomic mass is 19.1. The molecule has 0 saturated heterocycles. The minimum atomic E-state index is -0.444. The monoisotopic (exact) mass is 281 g/mol. The molecule has 0 fully saturated rings. The van der Waals surface area contributed by atoms with Gasteiger partial charge in [0.1, 0.15) is 5.82 Å². The van der Waals surface area contributed by atoms with Crippen molar-refractivity contribution in [3.63, 3.8) is 0 Å². The number of anilines is 1. The maximum absolute atomic E-state index is 12.7. The zero-order valence-corrected chi connectivity index (χ0v) is 11.7. The molecule has 5 nitrogen and oxygen atoms in total. The summed E-state index contributed by atoms with van der Waals surface area (Å²) in [5.74, 6) is -0.782. The van der Waals surface area contributed by atoms with Gasteiger partial charge in [-0.15, -0.1) is 0 Å². The molecule has 2 amide bonds. The van der Waals surface area contributed by atoms with Crippen molar-refractivity contribution >= 4 is 17.5 Å². The van der Waals surface area contributed by atoms with Gasteiger partial charge >= 0.3 is 0 Å². The molecule has 0 saturated carbocycles. The van der Waals surface area contributed by atoms with Gasteiger partial charge in [-0.25, -0.2) is 4.39 Å².